The molecule has 4 rings (SSSR count). The van der Waals surface area contributed by atoms with E-state index in [0.717, 1.165) is 57.7 Å². The van der Waals surface area contributed by atoms with Gasteiger partial charge in [0.05, 0.1) is 17.7 Å². The molecule has 0 radical (unpaired) electrons. The molecule has 6 heteroatoms. The molecule has 0 saturated carbocycles. The SMILES string of the molecule is CC(C)(C)c1cc(=O)n(CC2CCN(Cc3cnc4n3CCCC4)CC2)cn1. The van der Waals surface area contributed by atoms with E-state index in [4.69, 9.17) is 0 Å². The number of imidazole rings is 1. The van der Waals surface area contributed by atoms with Gasteiger partial charge in [-0.2, -0.15) is 0 Å². The zero-order chi connectivity index (χ0) is 19.7. The second kappa shape index (κ2) is 7.82. The van der Waals surface area contributed by atoms with Gasteiger partial charge in [-0.25, -0.2) is 9.97 Å². The van der Waals surface area contributed by atoms with Gasteiger partial charge in [0.25, 0.3) is 5.56 Å². The van der Waals surface area contributed by atoms with Gasteiger partial charge in [0, 0.05) is 43.7 Å². The van der Waals surface area contributed by atoms with Gasteiger partial charge in [0.15, 0.2) is 0 Å². The van der Waals surface area contributed by atoms with Gasteiger partial charge in [-0.3, -0.25) is 14.3 Å². The second-order valence-corrected chi connectivity index (χ2v) is 9.51. The van der Waals surface area contributed by atoms with Crippen LogP contribution in [0.3, 0.4) is 0 Å². The highest BCUT2D eigenvalue weighted by Crippen LogP contribution is 2.23. The summed E-state index contributed by atoms with van der Waals surface area (Å²) in [6.07, 6.45) is 9.76. The Morgan fingerprint density at radius 3 is 2.61 bits per heavy atom. The quantitative estimate of drug-likeness (QED) is 0.814. The van der Waals surface area contributed by atoms with Gasteiger partial charge >= 0.3 is 0 Å². The van der Waals surface area contributed by atoms with Crippen molar-refractivity contribution in [2.45, 2.75) is 77.9 Å². The molecule has 0 atom stereocenters. The van der Waals surface area contributed by atoms with Crippen LogP contribution < -0.4 is 5.56 Å². The van der Waals surface area contributed by atoms with Crippen molar-refractivity contribution in [2.24, 2.45) is 5.92 Å². The summed E-state index contributed by atoms with van der Waals surface area (Å²) in [5.74, 6) is 1.82. The van der Waals surface area contributed by atoms with E-state index in [0.29, 0.717) is 5.92 Å². The van der Waals surface area contributed by atoms with Gasteiger partial charge in [0.1, 0.15) is 5.82 Å². The molecule has 152 valence electrons. The molecule has 0 unspecified atom stereocenters. The fraction of sp³-hybridized carbons (Fsp3) is 0.682. The lowest BCUT2D eigenvalue weighted by Crippen LogP contribution is -2.36. The summed E-state index contributed by atoms with van der Waals surface area (Å²) in [5, 5.41) is 0. The van der Waals surface area contributed by atoms with Crippen molar-refractivity contribution in [3.8, 4) is 0 Å². The Bertz CT molecular complexity index is 868. The zero-order valence-electron chi connectivity index (χ0n) is 17.5. The van der Waals surface area contributed by atoms with E-state index in [2.05, 4.69) is 46.4 Å². The Morgan fingerprint density at radius 2 is 1.89 bits per heavy atom. The molecule has 2 aromatic heterocycles. The van der Waals surface area contributed by atoms with E-state index in [-0.39, 0.29) is 11.0 Å². The summed E-state index contributed by atoms with van der Waals surface area (Å²) >= 11 is 0. The molecule has 0 bridgehead atoms. The van der Waals surface area contributed by atoms with Crippen LogP contribution in [0.5, 0.6) is 0 Å². The van der Waals surface area contributed by atoms with Crippen LogP contribution in [-0.4, -0.2) is 37.1 Å². The van der Waals surface area contributed by atoms with Crippen LogP contribution in [0.1, 0.15) is 63.7 Å². The van der Waals surface area contributed by atoms with Gasteiger partial charge in [-0.15, -0.1) is 0 Å². The van der Waals surface area contributed by atoms with Crippen molar-refractivity contribution in [2.75, 3.05) is 13.1 Å². The van der Waals surface area contributed by atoms with Gasteiger partial charge in [-0.05, 0) is 44.7 Å². The molecular formula is C22H33N5O. The third kappa shape index (κ3) is 4.22. The largest absolute Gasteiger partial charge is 0.331 e. The average molecular weight is 384 g/mol. The molecule has 0 aromatic carbocycles. The van der Waals surface area contributed by atoms with Crippen LogP contribution in [0.4, 0.5) is 0 Å². The van der Waals surface area contributed by atoms with Gasteiger partial charge in [-0.1, -0.05) is 20.8 Å². The molecule has 6 nitrogen and oxygen atoms in total. The number of aromatic nitrogens is 4. The van der Waals surface area contributed by atoms with Crippen LogP contribution >= 0.6 is 0 Å². The normalized spacial score (nSPS) is 19.0. The van der Waals surface area contributed by atoms with E-state index < -0.39 is 0 Å². The van der Waals surface area contributed by atoms with Crippen molar-refractivity contribution in [3.63, 3.8) is 0 Å². The number of piperidine rings is 1. The third-order valence-electron chi connectivity index (χ3n) is 6.25. The predicted octanol–water partition coefficient (Wildman–Crippen LogP) is 2.99. The first-order valence-corrected chi connectivity index (χ1v) is 10.7. The van der Waals surface area contributed by atoms with E-state index in [1.54, 1.807) is 17.0 Å². The topological polar surface area (TPSA) is 56.0 Å². The first-order valence-electron chi connectivity index (χ1n) is 10.7. The van der Waals surface area contributed by atoms with E-state index in [1.165, 1.54) is 24.4 Å². The second-order valence-electron chi connectivity index (χ2n) is 9.51. The minimum atomic E-state index is -0.0869. The lowest BCUT2D eigenvalue weighted by atomic mass is 9.92. The number of hydrogen-bond donors (Lipinski definition) is 0. The predicted molar refractivity (Wildman–Crippen MR) is 110 cm³/mol. The molecule has 4 heterocycles. The van der Waals surface area contributed by atoms with Crippen LogP contribution in [0.25, 0.3) is 0 Å². The molecule has 1 saturated heterocycles. The Morgan fingerprint density at radius 1 is 1.11 bits per heavy atom. The Hall–Kier alpha value is -1.95. The fourth-order valence-corrected chi connectivity index (χ4v) is 4.41. The molecule has 2 aliphatic heterocycles. The summed E-state index contributed by atoms with van der Waals surface area (Å²) < 4.78 is 4.22. The van der Waals surface area contributed by atoms with Crippen LogP contribution in [0.15, 0.2) is 23.4 Å². The smallest absolute Gasteiger partial charge is 0.253 e. The van der Waals surface area contributed by atoms with Crippen LogP contribution in [-0.2, 0) is 31.5 Å². The van der Waals surface area contributed by atoms with Gasteiger partial charge < -0.3 is 4.57 Å². The van der Waals surface area contributed by atoms with E-state index in [1.807, 2.05) is 0 Å². The Balaban J connectivity index is 1.32. The average Bonchev–Trinajstić information content (AvgIpc) is 3.07. The lowest BCUT2D eigenvalue weighted by Gasteiger charge is -2.32. The third-order valence-corrected chi connectivity index (χ3v) is 6.25. The molecule has 2 aliphatic rings. The maximum atomic E-state index is 12.5. The monoisotopic (exact) mass is 383 g/mol. The van der Waals surface area contributed by atoms with E-state index in [9.17, 15) is 4.79 Å². The maximum Gasteiger partial charge on any atom is 0.253 e. The fourth-order valence-electron chi connectivity index (χ4n) is 4.41. The molecule has 2 aromatic rings. The summed E-state index contributed by atoms with van der Waals surface area (Å²) in [6.45, 7) is 11.4. The molecule has 0 N–H and O–H groups in total. The lowest BCUT2D eigenvalue weighted by molar-refractivity contribution is 0.162. The summed E-state index contributed by atoms with van der Waals surface area (Å²) in [4.78, 5) is 24.2. The van der Waals surface area contributed by atoms with Crippen molar-refractivity contribution in [3.05, 3.63) is 46.2 Å². The Labute approximate surface area is 167 Å². The zero-order valence-corrected chi connectivity index (χ0v) is 17.5. The standard InChI is InChI=1S/C22H33N5O/c1-22(2,3)19-12-21(28)26(16-24-19)14-17-7-10-25(11-8-17)15-18-13-23-20-6-4-5-9-27(18)20/h12-13,16-17H,4-11,14-15H2,1-3H3. The van der Waals surface area contributed by atoms with Crippen molar-refractivity contribution >= 4 is 0 Å². The number of hydrogen-bond acceptors (Lipinski definition) is 4. The molecule has 1 fully saturated rings. The summed E-state index contributed by atoms with van der Waals surface area (Å²) in [7, 11) is 0. The summed E-state index contributed by atoms with van der Waals surface area (Å²) in [5.41, 5.74) is 2.23. The minimum Gasteiger partial charge on any atom is -0.331 e. The van der Waals surface area contributed by atoms with Crippen LogP contribution in [0.2, 0.25) is 0 Å². The maximum absolute atomic E-state index is 12.5. The summed E-state index contributed by atoms with van der Waals surface area (Å²) in [6, 6.07) is 1.71. The molecule has 0 amide bonds. The van der Waals surface area contributed by atoms with Gasteiger partial charge in [0.2, 0.25) is 0 Å². The van der Waals surface area contributed by atoms with Crippen molar-refractivity contribution in [1.29, 1.82) is 0 Å². The molecule has 0 spiro atoms. The van der Waals surface area contributed by atoms with Crippen LogP contribution in [0, 0.1) is 5.92 Å². The van der Waals surface area contributed by atoms with Crippen molar-refractivity contribution in [1.82, 2.24) is 24.0 Å². The highest BCUT2D eigenvalue weighted by Gasteiger charge is 2.23. The highest BCUT2D eigenvalue weighted by molar-refractivity contribution is 5.10. The number of aryl methyl sites for hydroxylation is 1. The first kappa shape index (κ1) is 19.4. The number of nitrogens with zero attached hydrogens (tertiary/aromatic N) is 5. The highest BCUT2D eigenvalue weighted by atomic mass is 16.1. The number of likely N-dealkylation sites (tertiary alicyclic amines) is 1. The molecule has 28 heavy (non-hydrogen) atoms. The minimum absolute atomic E-state index is 0.0771. The molecular weight excluding hydrogens is 350 g/mol. The first-order chi connectivity index (χ1) is 13.4. The Kier molecular flexibility index (Phi) is 5.41. The van der Waals surface area contributed by atoms with E-state index >= 15 is 0 Å². The molecule has 0 aliphatic carbocycles. The van der Waals surface area contributed by atoms with Crippen molar-refractivity contribution < 1.29 is 0 Å². The number of fused-ring (bicyclic) bond motifs is 1. The number of rotatable bonds is 4.